The molecule has 1 rings (SSSR count). The SMILES string of the molecule is COC1CCCCC1OP(OC)N(C(C)C)C(C)C. The van der Waals surface area contributed by atoms with Crippen molar-refractivity contribution in [2.45, 2.75) is 77.7 Å². The third-order valence-electron chi connectivity index (χ3n) is 3.57. The first-order valence-corrected chi connectivity index (χ1v) is 8.46. The Morgan fingerprint density at radius 2 is 1.47 bits per heavy atom. The average Bonchev–Trinajstić information content (AvgIpc) is 2.37. The van der Waals surface area contributed by atoms with Crippen LogP contribution in [0.2, 0.25) is 0 Å². The molecule has 1 saturated carbocycles. The molecule has 0 aromatic carbocycles. The second kappa shape index (κ2) is 8.53. The lowest BCUT2D eigenvalue weighted by molar-refractivity contribution is -0.0286. The molecule has 0 aromatic rings. The Kier molecular flexibility index (Phi) is 7.78. The molecular formula is C14H30NO3P. The van der Waals surface area contributed by atoms with Crippen LogP contribution in [-0.4, -0.2) is 43.2 Å². The van der Waals surface area contributed by atoms with Gasteiger partial charge in [-0.3, -0.25) is 0 Å². The summed E-state index contributed by atoms with van der Waals surface area (Å²) < 4.78 is 19.8. The predicted octanol–water partition coefficient (Wildman–Crippen LogP) is 3.95. The lowest BCUT2D eigenvalue weighted by Gasteiger charge is -2.39. The van der Waals surface area contributed by atoms with Crippen LogP contribution in [0.1, 0.15) is 53.4 Å². The smallest absolute Gasteiger partial charge is 0.259 e. The van der Waals surface area contributed by atoms with Crippen LogP contribution in [0.3, 0.4) is 0 Å². The van der Waals surface area contributed by atoms with Crippen LogP contribution in [-0.2, 0) is 13.8 Å². The molecule has 0 aliphatic heterocycles. The molecule has 3 unspecified atom stereocenters. The number of hydrogen-bond donors (Lipinski definition) is 0. The maximum atomic E-state index is 6.27. The summed E-state index contributed by atoms with van der Waals surface area (Å²) in [6.45, 7) is 8.75. The minimum absolute atomic E-state index is 0.171. The molecule has 0 saturated heterocycles. The average molecular weight is 291 g/mol. The molecule has 114 valence electrons. The highest BCUT2D eigenvalue weighted by Crippen LogP contribution is 2.48. The highest BCUT2D eigenvalue weighted by atomic mass is 31.2. The molecular weight excluding hydrogens is 261 g/mol. The van der Waals surface area contributed by atoms with Crippen molar-refractivity contribution < 1.29 is 13.8 Å². The van der Waals surface area contributed by atoms with Crippen molar-refractivity contribution >= 4 is 8.53 Å². The van der Waals surface area contributed by atoms with Gasteiger partial charge in [-0.1, -0.05) is 12.8 Å². The number of rotatable bonds is 7. The number of methoxy groups -OCH3 is 1. The summed E-state index contributed by atoms with van der Waals surface area (Å²) in [6.07, 6.45) is 5.02. The van der Waals surface area contributed by atoms with Gasteiger partial charge in [-0.15, -0.1) is 0 Å². The zero-order valence-corrected chi connectivity index (χ0v) is 14.2. The van der Waals surface area contributed by atoms with Crippen molar-refractivity contribution in [3.05, 3.63) is 0 Å². The second-order valence-corrected chi connectivity index (χ2v) is 7.20. The van der Waals surface area contributed by atoms with Crippen LogP contribution in [0.5, 0.6) is 0 Å². The Bertz CT molecular complexity index is 243. The highest BCUT2D eigenvalue weighted by molar-refractivity contribution is 7.44. The molecule has 1 aliphatic rings. The molecule has 0 spiro atoms. The highest BCUT2D eigenvalue weighted by Gasteiger charge is 2.33. The summed E-state index contributed by atoms with van der Waals surface area (Å²) in [5, 5.41) is 0. The second-order valence-electron chi connectivity index (χ2n) is 5.69. The van der Waals surface area contributed by atoms with E-state index in [2.05, 4.69) is 32.4 Å². The Hall–Kier alpha value is 0.270. The van der Waals surface area contributed by atoms with E-state index >= 15 is 0 Å². The van der Waals surface area contributed by atoms with Crippen LogP contribution in [0, 0.1) is 0 Å². The third-order valence-corrected chi connectivity index (χ3v) is 5.64. The van der Waals surface area contributed by atoms with Crippen molar-refractivity contribution in [1.82, 2.24) is 4.67 Å². The lowest BCUT2D eigenvalue weighted by Crippen LogP contribution is -2.38. The predicted molar refractivity (Wildman–Crippen MR) is 80.2 cm³/mol. The molecule has 4 nitrogen and oxygen atoms in total. The molecule has 19 heavy (non-hydrogen) atoms. The molecule has 3 atom stereocenters. The third kappa shape index (κ3) is 4.95. The summed E-state index contributed by atoms with van der Waals surface area (Å²) in [7, 11) is 2.52. The fourth-order valence-electron chi connectivity index (χ4n) is 2.73. The van der Waals surface area contributed by atoms with E-state index in [-0.39, 0.29) is 12.2 Å². The van der Waals surface area contributed by atoms with Gasteiger partial charge in [-0.2, -0.15) is 0 Å². The van der Waals surface area contributed by atoms with Crippen LogP contribution in [0.25, 0.3) is 0 Å². The molecule has 0 radical (unpaired) electrons. The van der Waals surface area contributed by atoms with Crippen molar-refractivity contribution in [1.29, 1.82) is 0 Å². The zero-order valence-electron chi connectivity index (χ0n) is 13.3. The van der Waals surface area contributed by atoms with E-state index in [1.807, 2.05) is 0 Å². The van der Waals surface area contributed by atoms with Crippen LogP contribution in [0.4, 0.5) is 0 Å². The van der Waals surface area contributed by atoms with Gasteiger partial charge < -0.3 is 13.8 Å². The lowest BCUT2D eigenvalue weighted by atomic mass is 9.95. The molecule has 0 amide bonds. The molecule has 1 fully saturated rings. The van der Waals surface area contributed by atoms with Gasteiger partial charge in [0.2, 0.25) is 0 Å². The van der Waals surface area contributed by atoms with Gasteiger partial charge in [0.25, 0.3) is 8.53 Å². The van der Waals surface area contributed by atoms with Gasteiger partial charge in [0, 0.05) is 26.3 Å². The minimum Gasteiger partial charge on any atom is -0.379 e. The van der Waals surface area contributed by atoms with E-state index in [9.17, 15) is 0 Å². The Morgan fingerprint density at radius 3 is 1.89 bits per heavy atom. The summed E-state index contributed by atoms with van der Waals surface area (Å²) in [5.41, 5.74) is 0. The summed E-state index contributed by atoms with van der Waals surface area (Å²) >= 11 is 0. The summed E-state index contributed by atoms with van der Waals surface area (Å²) in [5.74, 6) is 0. The van der Waals surface area contributed by atoms with Crippen molar-refractivity contribution in [3.8, 4) is 0 Å². The van der Waals surface area contributed by atoms with Crippen molar-refractivity contribution in [2.24, 2.45) is 0 Å². The molecule has 0 heterocycles. The van der Waals surface area contributed by atoms with Gasteiger partial charge in [-0.25, -0.2) is 4.67 Å². The molecule has 5 heteroatoms. The van der Waals surface area contributed by atoms with Gasteiger partial charge in [0.15, 0.2) is 0 Å². The van der Waals surface area contributed by atoms with E-state index in [0.29, 0.717) is 12.1 Å². The van der Waals surface area contributed by atoms with Gasteiger partial charge in [0.05, 0.1) is 12.2 Å². The monoisotopic (exact) mass is 291 g/mol. The van der Waals surface area contributed by atoms with Crippen LogP contribution < -0.4 is 0 Å². The standard InChI is InChI=1S/C14H30NO3P/c1-11(2)15(12(3)4)19(17-6)18-14-10-8-7-9-13(14)16-5/h11-14H,7-10H2,1-6H3. The first kappa shape index (κ1) is 17.3. The first-order valence-electron chi connectivity index (χ1n) is 7.33. The van der Waals surface area contributed by atoms with E-state index in [0.717, 1.165) is 12.8 Å². The molecule has 0 bridgehead atoms. The molecule has 1 aliphatic carbocycles. The largest absolute Gasteiger partial charge is 0.379 e. The maximum Gasteiger partial charge on any atom is 0.259 e. The topological polar surface area (TPSA) is 30.9 Å². The Labute approximate surface area is 119 Å². The van der Waals surface area contributed by atoms with E-state index in [1.165, 1.54) is 12.8 Å². The van der Waals surface area contributed by atoms with Gasteiger partial charge in [0.1, 0.15) is 0 Å². The van der Waals surface area contributed by atoms with Crippen LogP contribution in [0.15, 0.2) is 0 Å². The first-order chi connectivity index (χ1) is 9.01. The number of nitrogens with zero attached hydrogens (tertiary/aromatic N) is 1. The summed E-state index contributed by atoms with van der Waals surface area (Å²) in [4.78, 5) is 0. The van der Waals surface area contributed by atoms with Gasteiger partial charge in [-0.05, 0) is 40.5 Å². The maximum absolute atomic E-state index is 6.27. The van der Waals surface area contributed by atoms with E-state index in [4.69, 9.17) is 13.8 Å². The summed E-state index contributed by atoms with van der Waals surface area (Å²) in [6, 6.07) is 0.825. The van der Waals surface area contributed by atoms with Crippen molar-refractivity contribution in [3.63, 3.8) is 0 Å². The van der Waals surface area contributed by atoms with Crippen molar-refractivity contribution in [2.75, 3.05) is 14.2 Å². The minimum atomic E-state index is -1.00. The van der Waals surface area contributed by atoms with Gasteiger partial charge >= 0.3 is 0 Å². The molecule has 0 N–H and O–H groups in total. The Balaban J connectivity index is 2.68. The Morgan fingerprint density at radius 1 is 0.947 bits per heavy atom. The molecule has 0 aromatic heterocycles. The quantitative estimate of drug-likeness (QED) is 0.664. The zero-order chi connectivity index (χ0) is 14.4. The van der Waals surface area contributed by atoms with E-state index in [1.54, 1.807) is 14.2 Å². The normalized spacial score (nSPS) is 26.4. The fraction of sp³-hybridized carbons (Fsp3) is 1.00. The number of hydrogen-bond acceptors (Lipinski definition) is 4. The van der Waals surface area contributed by atoms with Crippen LogP contribution >= 0.6 is 8.53 Å². The fourth-order valence-corrected chi connectivity index (χ4v) is 4.34. The number of ether oxygens (including phenoxy) is 1. The van der Waals surface area contributed by atoms with E-state index < -0.39 is 8.53 Å².